The van der Waals surface area contributed by atoms with Gasteiger partial charge in [-0.15, -0.1) is 22.9 Å². The van der Waals surface area contributed by atoms with E-state index in [0.29, 0.717) is 17.9 Å². The van der Waals surface area contributed by atoms with E-state index in [1.165, 1.54) is 16.7 Å². The lowest BCUT2D eigenvalue weighted by molar-refractivity contribution is -0.752. The number of carbonyl (C=O) groups is 3. The molecule has 2 aliphatic rings. The van der Waals surface area contributed by atoms with Crippen LogP contribution in [-0.2, 0) is 32.8 Å². The van der Waals surface area contributed by atoms with E-state index >= 15 is 0 Å². The van der Waals surface area contributed by atoms with E-state index in [1.807, 2.05) is 34.9 Å². The lowest BCUT2D eigenvalue weighted by Gasteiger charge is -2.49. The summed E-state index contributed by atoms with van der Waals surface area (Å²) in [5.74, 6) is -0.0294. The van der Waals surface area contributed by atoms with Gasteiger partial charge in [0.1, 0.15) is 23.7 Å². The number of carboxylic acid groups (broad SMARTS) is 1. The highest BCUT2D eigenvalue weighted by Gasteiger charge is 2.54. The number of terminal acetylenes is 1. The number of β-lactam (4-membered cyclic amide) rings is 1. The number of amides is 2. The highest BCUT2D eigenvalue weighted by Crippen LogP contribution is 2.40. The molecule has 1 unspecified atom stereocenters. The van der Waals surface area contributed by atoms with Gasteiger partial charge in [-0.25, -0.2) is 4.79 Å². The zero-order chi connectivity index (χ0) is 24.4. The molecule has 4 heterocycles. The highest BCUT2D eigenvalue weighted by molar-refractivity contribution is 8.00. The minimum Gasteiger partial charge on any atom is -0.477 e. The van der Waals surface area contributed by atoms with Gasteiger partial charge < -0.3 is 21.0 Å². The molecule has 2 aromatic rings. The third-order valence-corrected chi connectivity index (χ3v) is 6.91. The molecule has 15 heteroatoms. The molecular weight excluding hydrogens is 484 g/mol. The number of nitrogens with zero attached hydrogens (tertiary/aromatic N) is 6. The summed E-state index contributed by atoms with van der Waals surface area (Å²) < 4.78 is 7.59. The fraction of sp³-hybridized carbons (Fsp3) is 0.316. The molecule has 0 spiro atoms. The summed E-state index contributed by atoms with van der Waals surface area (Å²) >= 11 is 2.21. The molecule has 2 aliphatic heterocycles. The number of fused-ring (bicyclic) bond motifs is 1. The van der Waals surface area contributed by atoms with E-state index in [4.69, 9.17) is 17.0 Å². The summed E-state index contributed by atoms with van der Waals surface area (Å²) in [4.78, 5) is 47.9. The Hall–Kier alpha value is -3.90. The highest BCUT2D eigenvalue weighted by atomic mass is 32.2. The Labute approximate surface area is 201 Å². The van der Waals surface area contributed by atoms with Crippen molar-refractivity contribution in [1.82, 2.24) is 24.3 Å². The molecule has 34 heavy (non-hydrogen) atoms. The van der Waals surface area contributed by atoms with Crippen molar-refractivity contribution in [3.05, 3.63) is 35.6 Å². The van der Waals surface area contributed by atoms with E-state index in [-0.39, 0.29) is 29.0 Å². The number of aromatic nitrogens is 4. The van der Waals surface area contributed by atoms with Crippen molar-refractivity contribution in [3.63, 3.8) is 0 Å². The van der Waals surface area contributed by atoms with Crippen molar-refractivity contribution in [1.29, 1.82) is 0 Å². The normalized spacial score (nSPS) is 19.8. The topological polar surface area (TPSA) is 169 Å². The number of hydrogen-bond acceptors (Lipinski definition) is 10. The third kappa shape index (κ3) is 4.32. The zero-order valence-electron chi connectivity index (χ0n) is 17.7. The van der Waals surface area contributed by atoms with Crippen LogP contribution in [0.5, 0.6) is 0 Å². The third-order valence-electron chi connectivity index (χ3n) is 5.03. The van der Waals surface area contributed by atoms with Gasteiger partial charge in [-0.1, -0.05) is 11.1 Å². The van der Waals surface area contributed by atoms with E-state index < -0.39 is 29.2 Å². The van der Waals surface area contributed by atoms with Crippen LogP contribution in [0, 0.1) is 12.3 Å². The van der Waals surface area contributed by atoms with Crippen LogP contribution in [0.2, 0.25) is 0 Å². The minimum absolute atomic E-state index is 0.0758. The second-order valence-corrected chi connectivity index (χ2v) is 9.04. The predicted molar refractivity (Wildman–Crippen MR) is 121 cm³/mol. The van der Waals surface area contributed by atoms with Crippen LogP contribution in [0.4, 0.5) is 5.13 Å². The molecule has 1 fully saturated rings. The number of hydrogen-bond donors (Lipinski definition) is 3. The van der Waals surface area contributed by atoms with Gasteiger partial charge in [0.25, 0.3) is 11.8 Å². The molecule has 176 valence electrons. The second kappa shape index (κ2) is 9.53. The summed E-state index contributed by atoms with van der Waals surface area (Å²) in [7, 11) is 1.83. The molecular formula is C19H19N8O5S2+. The van der Waals surface area contributed by atoms with Crippen molar-refractivity contribution in [2.75, 3.05) is 18.1 Å². The van der Waals surface area contributed by atoms with Crippen LogP contribution in [0.15, 0.2) is 34.9 Å². The van der Waals surface area contributed by atoms with E-state index in [2.05, 4.69) is 25.8 Å². The Kier molecular flexibility index (Phi) is 6.52. The summed E-state index contributed by atoms with van der Waals surface area (Å²) in [5, 5.41) is 15.6. The number of aryl methyl sites for hydroxylation is 1. The van der Waals surface area contributed by atoms with Crippen LogP contribution in [0.1, 0.15) is 5.82 Å². The Balaban J connectivity index is 1.53. The summed E-state index contributed by atoms with van der Waals surface area (Å²) in [5.41, 5.74) is 5.80. The largest absolute Gasteiger partial charge is 0.477 e. The van der Waals surface area contributed by atoms with Gasteiger partial charge in [0.15, 0.2) is 25.0 Å². The number of carboxylic acids is 1. The summed E-state index contributed by atoms with van der Waals surface area (Å²) in [6, 6.07) is 0.863. The van der Waals surface area contributed by atoms with Crippen LogP contribution in [0.3, 0.4) is 0 Å². The molecule has 0 aliphatic carbocycles. The van der Waals surface area contributed by atoms with Crippen molar-refractivity contribution >= 4 is 51.9 Å². The van der Waals surface area contributed by atoms with Gasteiger partial charge >= 0.3 is 5.97 Å². The summed E-state index contributed by atoms with van der Waals surface area (Å²) in [6.07, 6.45) is 8.78. The molecule has 0 saturated carbocycles. The fourth-order valence-corrected chi connectivity index (χ4v) is 5.25. The van der Waals surface area contributed by atoms with Gasteiger partial charge in [-0.05, 0) is 5.57 Å². The van der Waals surface area contributed by atoms with Gasteiger partial charge in [0, 0.05) is 23.4 Å². The number of nitrogen functional groups attached to an aromatic ring is 1. The number of thioether (sulfide) groups is 1. The second-order valence-electron chi connectivity index (χ2n) is 7.15. The maximum absolute atomic E-state index is 12.9. The maximum Gasteiger partial charge on any atom is 0.352 e. The van der Waals surface area contributed by atoms with Gasteiger partial charge in [-0.3, -0.25) is 14.5 Å². The Morgan fingerprint density at radius 2 is 2.32 bits per heavy atom. The first-order chi connectivity index (χ1) is 16.3. The molecule has 0 aromatic carbocycles. The zero-order valence-corrected chi connectivity index (χ0v) is 19.4. The minimum atomic E-state index is -1.21. The molecule has 2 atom stereocenters. The first-order valence-corrected chi connectivity index (χ1v) is 11.6. The van der Waals surface area contributed by atoms with Crippen molar-refractivity contribution in [3.8, 4) is 12.3 Å². The van der Waals surface area contributed by atoms with Crippen LogP contribution < -0.4 is 15.7 Å². The first-order valence-electron chi connectivity index (χ1n) is 9.76. The van der Waals surface area contributed by atoms with Gasteiger partial charge in [0.2, 0.25) is 11.5 Å². The van der Waals surface area contributed by atoms with Crippen LogP contribution >= 0.6 is 23.3 Å². The van der Waals surface area contributed by atoms with Gasteiger partial charge in [0.05, 0.1) is 6.20 Å². The molecule has 0 radical (unpaired) electrons. The smallest absolute Gasteiger partial charge is 0.352 e. The fourth-order valence-electron chi connectivity index (χ4n) is 3.48. The Bertz CT molecular complexity index is 1260. The van der Waals surface area contributed by atoms with Crippen LogP contribution in [0.25, 0.3) is 0 Å². The quantitative estimate of drug-likeness (QED) is 0.0973. The molecule has 4 rings (SSSR count). The van der Waals surface area contributed by atoms with E-state index in [1.54, 1.807) is 0 Å². The average Bonchev–Trinajstić information content (AvgIpc) is 3.42. The number of nitrogens with two attached hydrogens (primary N) is 1. The lowest BCUT2D eigenvalue weighted by atomic mass is 10.0. The van der Waals surface area contributed by atoms with Crippen molar-refractivity contribution < 1.29 is 29.0 Å². The molecule has 0 bridgehead atoms. The number of aliphatic carboxylic acids is 1. The lowest BCUT2D eigenvalue weighted by Crippen LogP contribution is -2.71. The number of oxime groups is 1. The predicted octanol–water partition coefficient (Wildman–Crippen LogP) is -1.46. The number of carbonyl (C=O) groups excluding carboxylic acids is 2. The molecule has 2 aromatic heterocycles. The Morgan fingerprint density at radius 1 is 1.53 bits per heavy atom. The van der Waals surface area contributed by atoms with Crippen LogP contribution in [-0.4, -0.2) is 71.3 Å². The summed E-state index contributed by atoms with van der Waals surface area (Å²) in [6.45, 7) is 0.117. The standard InChI is InChI=1S/C19H18N8O5S2/c1-3-7-32-23-11(14-22-19(20)34-24-14)15(28)21-12-16(29)27-13(18(30)31)10(9-33-17(12)27)8-26-6-4-5-25(26)2/h1,4-6,12,17H,7-9H2,2H3,(H3-,20,21,22,24,28,30,31)/p+1/t12?,17-/m1/s1. The monoisotopic (exact) mass is 503 g/mol. The van der Waals surface area contributed by atoms with Gasteiger partial charge in [-0.2, -0.15) is 14.0 Å². The van der Waals surface area contributed by atoms with Crippen molar-refractivity contribution in [2.45, 2.75) is 18.0 Å². The van der Waals surface area contributed by atoms with E-state index in [0.717, 1.165) is 11.5 Å². The van der Waals surface area contributed by atoms with Crippen molar-refractivity contribution in [2.24, 2.45) is 12.2 Å². The Morgan fingerprint density at radius 3 is 2.94 bits per heavy atom. The number of rotatable bonds is 8. The van der Waals surface area contributed by atoms with E-state index in [9.17, 15) is 19.5 Å². The average molecular weight is 504 g/mol. The maximum atomic E-state index is 12.9. The molecule has 2 amide bonds. The first kappa shape index (κ1) is 23.3. The number of nitrogens with one attached hydrogen (secondary N) is 1. The molecule has 13 nitrogen and oxygen atoms in total. The molecule has 1 saturated heterocycles. The molecule has 4 N–H and O–H groups in total. The number of anilines is 1. The SMILES string of the molecule is C#CCON=C(C(=O)NC1C(=O)N2C(C(=O)O)=C(Cn3ccc[n+]3C)CS[C@H]12)c1nsc(N)n1.